The van der Waals surface area contributed by atoms with Gasteiger partial charge in [-0.2, -0.15) is 5.26 Å². The Hall–Kier alpha value is -4.78. The van der Waals surface area contributed by atoms with E-state index in [0.717, 1.165) is 5.56 Å². The Bertz CT molecular complexity index is 1610. The van der Waals surface area contributed by atoms with E-state index >= 15 is 0 Å². The van der Waals surface area contributed by atoms with E-state index in [9.17, 15) is 24.2 Å². The van der Waals surface area contributed by atoms with Crippen LogP contribution in [-0.2, 0) is 11.3 Å². The highest BCUT2D eigenvalue weighted by atomic mass is 19.1. The summed E-state index contributed by atoms with van der Waals surface area (Å²) in [4.78, 5) is 25.1. The lowest BCUT2D eigenvalue weighted by atomic mass is 9.94. The second kappa shape index (κ2) is 13.9. The maximum Gasteiger partial charge on any atom is 0.305 e. The number of hydrogen-bond donors (Lipinski definition) is 4. The van der Waals surface area contributed by atoms with Crippen molar-refractivity contribution in [3.05, 3.63) is 102 Å². The van der Waals surface area contributed by atoms with Crippen molar-refractivity contribution in [2.75, 3.05) is 5.32 Å². The number of anilines is 1. The van der Waals surface area contributed by atoms with Gasteiger partial charge >= 0.3 is 5.97 Å². The van der Waals surface area contributed by atoms with Gasteiger partial charge in [0.1, 0.15) is 5.82 Å². The number of aliphatic hydroxyl groups excluding tert-OH is 2. The highest BCUT2D eigenvalue weighted by Gasteiger charge is 2.31. The Morgan fingerprint density at radius 1 is 0.930 bits per heavy atom. The van der Waals surface area contributed by atoms with Crippen LogP contribution in [-0.4, -0.2) is 44.0 Å². The lowest BCUT2D eigenvalue weighted by Gasteiger charge is -2.20. The molecule has 4 rings (SSSR count). The number of benzene rings is 3. The van der Waals surface area contributed by atoms with Crippen molar-refractivity contribution in [2.24, 2.45) is 0 Å². The monoisotopic (exact) mass is 583 g/mol. The van der Waals surface area contributed by atoms with E-state index in [-0.39, 0.29) is 31.2 Å². The lowest BCUT2D eigenvalue weighted by molar-refractivity contribution is -0.139. The number of aliphatic carboxylic acids is 1. The molecule has 2 atom stereocenters. The fraction of sp³-hybridized carbons (Fsp3) is 0.265. The number of aromatic nitrogens is 1. The van der Waals surface area contributed by atoms with E-state index in [0.29, 0.717) is 39.3 Å². The number of carbonyl (C=O) groups is 2. The van der Waals surface area contributed by atoms with Crippen LogP contribution in [0.1, 0.15) is 60.6 Å². The van der Waals surface area contributed by atoms with Gasteiger partial charge in [0.2, 0.25) is 0 Å². The third-order valence-electron chi connectivity index (χ3n) is 7.17. The molecule has 1 heterocycles. The fourth-order valence-corrected chi connectivity index (χ4v) is 5.31. The third-order valence-corrected chi connectivity index (χ3v) is 7.17. The molecule has 0 saturated carbocycles. The summed E-state index contributed by atoms with van der Waals surface area (Å²) in [5.74, 6) is -2.09. The normalized spacial score (nSPS) is 12.5. The first-order valence-corrected chi connectivity index (χ1v) is 14.1. The quantitative estimate of drug-likeness (QED) is 0.157. The molecule has 0 bridgehead atoms. The van der Waals surface area contributed by atoms with Gasteiger partial charge in [-0.3, -0.25) is 9.59 Å². The molecule has 0 aliphatic heterocycles. The van der Waals surface area contributed by atoms with Crippen molar-refractivity contribution in [1.29, 1.82) is 5.26 Å². The van der Waals surface area contributed by atoms with Crippen LogP contribution >= 0.6 is 0 Å². The zero-order valence-electron chi connectivity index (χ0n) is 24.0. The van der Waals surface area contributed by atoms with Gasteiger partial charge < -0.3 is 25.2 Å². The summed E-state index contributed by atoms with van der Waals surface area (Å²) >= 11 is 0. The summed E-state index contributed by atoms with van der Waals surface area (Å²) in [6.45, 7) is 4.16. The molecule has 0 spiro atoms. The largest absolute Gasteiger partial charge is 0.481 e. The van der Waals surface area contributed by atoms with Crippen molar-refractivity contribution in [2.45, 2.75) is 57.8 Å². The number of nitrogens with one attached hydrogen (secondary N) is 1. The zero-order chi connectivity index (χ0) is 31.1. The molecule has 0 saturated heterocycles. The highest BCUT2D eigenvalue weighted by molar-refractivity contribution is 6.12. The molecule has 0 aliphatic carbocycles. The summed E-state index contributed by atoms with van der Waals surface area (Å²) in [6.07, 6.45) is -2.63. The average molecular weight is 584 g/mol. The number of carboxylic acid groups (broad SMARTS) is 1. The van der Waals surface area contributed by atoms with Gasteiger partial charge in [-0.15, -0.1) is 0 Å². The van der Waals surface area contributed by atoms with Crippen LogP contribution in [0, 0.1) is 17.1 Å². The second-order valence-corrected chi connectivity index (χ2v) is 10.7. The molecule has 0 radical (unpaired) electrons. The van der Waals surface area contributed by atoms with Crippen LogP contribution in [0.3, 0.4) is 0 Å². The topological polar surface area (TPSA) is 136 Å². The van der Waals surface area contributed by atoms with Crippen LogP contribution in [0.5, 0.6) is 0 Å². The van der Waals surface area contributed by atoms with Crippen molar-refractivity contribution >= 4 is 17.6 Å². The highest BCUT2D eigenvalue weighted by Crippen LogP contribution is 2.42. The van der Waals surface area contributed by atoms with Gasteiger partial charge in [0.25, 0.3) is 5.91 Å². The van der Waals surface area contributed by atoms with Crippen molar-refractivity contribution in [3.63, 3.8) is 0 Å². The summed E-state index contributed by atoms with van der Waals surface area (Å²) in [5, 5.41) is 41.9. The Labute approximate surface area is 249 Å². The van der Waals surface area contributed by atoms with Crippen LogP contribution in [0.2, 0.25) is 0 Å². The van der Waals surface area contributed by atoms with E-state index in [1.54, 1.807) is 36.4 Å². The predicted octanol–water partition coefficient (Wildman–Crippen LogP) is 6.19. The van der Waals surface area contributed by atoms with E-state index < -0.39 is 30.4 Å². The SMILES string of the molecule is CC(C)c1c(C(=O)Nc2ccc(C#N)cc2)c(-c2ccccc2)c(-c2ccc(F)cc2)n1CC[C@@H](O)C[C@@H](O)CC(=O)O. The molecule has 1 amide bonds. The van der Waals surface area contributed by atoms with E-state index in [4.69, 9.17) is 10.4 Å². The molecular weight excluding hydrogens is 549 g/mol. The van der Waals surface area contributed by atoms with E-state index in [1.165, 1.54) is 12.1 Å². The maximum absolute atomic E-state index is 14.1. The number of nitrogens with zero attached hydrogens (tertiary/aromatic N) is 2. The molecule has 0 fully saturated rings. The lowest BCUT2D eigenvalue weighted by Crippen LogP contribution is -2.22. The molecule has 1 aromatic heterocycles. The number of carboxylic acids is 1. The molecule has 8 nitrogen and oxygen atoms in total. The average Bonchev–Trinajstić information content (AvgIpc) is 3.32. The molecule has 4 aromatic rings. The first kappa shape index (κ1) is 31.2. The molecular formula is C34H34FN3O5. The minimum Gasteiger partial charge on any atom is -0.481 e. The smallest absolute Gasteiger partial charge is 0.305 e. The molecule has 4 N–H and O–H groups in total. The van der Waals surface area contributed by atoms with Gasteiger partial charge in [0.15, 0.2) is 0 Å². The maximum atomic E-state index is 14.1. The first-order chi connectivity index (χ1) is 20.6. The van der Waals surface area contributed by atoms with Crippen LogP contribution < -0.4 is 5.32 Å². The molecule has 3 aromatic carbocycles. The number of carbonyl (C=O) groups excluding carboxylic acids is 1. The Morgan fingerprint density at radius 2 is 1.58 bits per heavy atom. The number of nitriles is 1. The van der Waals surface area contributed by atoms with E-state index in [1.807, 2.05) is 48.7 Å². The number of rotatable bonds is 12. The Morgan fingerprint density at radius 3 is 2.16 bits per heavy atom. The van der Waals surface area contributed by atoms with Crippen molar-refractivity contribution in [1.82, 2.24) is 4.57 Å². The third kappa shape index (κ3) is 7.55. The van der Waals surface area contributed by atoms with Crippen LogP contribution in [0.15, 0.2) is 78.9 Å². The second-order valence-electron chi connectivity index (χ2n) is 10.7. The van der Waals surface area contributed by atoms with Gasteiger partial charge in [0, 0.05) is 23.5 Å². The van der Waals surface area contributed by atoms with Gasteiger partial charge in [-0.25, -0.2) is 4.39 Å². The van der Waals surface area contributed by atoms with Gasteiger partial charge in [-0.1, -0.05) is 44.2 Å². The van der Waals surface area contributed by atoms with Crippen molar-refractivity contribution in [3.8, 4) is 28.5 Å². The molecule has 9 heteroatoms. The first-order valence-electron chi connectivity index (χ1n) is 14.1. The summed E-state index contributed by atoms with van der Waals surface area (Å²) in [7, 11) is 0. The van der Waals surface area contributed by atoms with E-state index in [2.05, 4.69) is 11.4 Å². The summed E-state index contributed by atoms with van der Waals surface area (Å²) in [6, 6.07) is 24.0. The molecule has 222 valence electrons. The number of aliphatic hydroxyl groups is 2. The number of hydrogen-bond acceptors (Lipinski definition) is 5. The zero-order valence-corrected chi connectivity index (χ0v) is 24.0. The minimum absolute atomic E-state index is 0.117. The van der Waals surface area contributed by atoms with Crippen LogP contribution in [0.25, 0.3) is 22.4 Å². The Balaban J connectivity index is 1.89. The standard InChI is InChI=1S/C34H34FN3O5/c1-21(2)32-31(34(43)37-26-14-8-22(20-36)9-15-26)30(23-6-4-3-5-7-23)33(24-10-12-25(35)13-11-24)38(32)17-16-27(39)18-28(40)19-29(41)42/h3-15,21,27-28,39-40H,16-19H2,1-2H3,(H,37,43)(H,41,42)/t27-,28-/m1/s1. The summed E-state index contributed by atoms with van der Waals surface area (Å²) in [5.41, 5.74) is 4.83. The van der Waals surface area contributed by atoms with Gasteiger partial charge in [-0.05, 0) is 78.4 Å². The Kier molecular flexibility index (Phi) is 10.1. The number of amides is 1. The fourth-order valence-electron chi connectivity index (χ4n) is 5.31. The molecule has 43 heavy (non-hydrogen) atoms. The number of halogens is 1. The predicted molar refractivity (Wildman–Crippen MR) is 162 cm³/mol. The summed E-state index contributed by atoms with van der Waals surface area (Å²) < 4.78 is 16.0. The molecule has 0 aliphatic rings. The molecule has 0 unspecified atom stereocenters. The van der Waals surface area contributed by atoms with Crippen LogP contribution in [0.4, 0.5) is 10.1 Å². The van der Waals surface area contributed by atoms with Crippen molar-refractivity contribution < 1.29 is 29.3 Å². The van der Waals surface area contributed by atoms with Gasteiger partial charge in [0.05, 0.1) is 41.5 Å². The minimum atomic E-state index is -1.20.